The van der Waals surface area contributed by atoms with E-state index in [0.29, 0.717) is 17.2 Å². The van der Waals surface area contributed by atoms with E-state index in [2.05, 4.69) is 20.5 Å². The van der Waals surface area contributed by atoms with Crippen LogP contribution in [-0.4, -0.2) is 32.0 Å². The van der Waals surface area contributed by atoms with Gasteiger partial charge in [0.15, 0.2) is 5.13 Å². The molecule has 0 bridgehead atoms. The van der Waals surface area contributed by atoms with Gasteiger partial charge < -0.3 is 10.1 Å². The molecule has 2 aromatic heterocycles. The normalized spacial score (nSPS) is 10.3. The number of aromatic nitrogens is 3. The van der Waals surface area contributed by atoms with Crippen LogP contribution in [0.25, 0.3) is 0 Å². The molecule has 0 spiro atoms. The second-order valence-corrected chi connectivity index (χ2v) is 5.27. The van der Waals surface area contributed by atoms with Gasteiger partial charge >= 0.3 is 11.7 Å². The van der Waals surface area contributed by atoms with Crippen LogP contribution in [0, 0.1) is 10.1 Å². The molecule has 2 aromatic rings. The lowest BCUT2D eigenvalue weighted by Gasteiger charge is -2.00. The highest BCUT2D eigenvalue weighted by Crippen LogP contribution is 2.23. The molecule has 0 aliphatic carbocycles. The molecule has 11 heteroatoms. The number of thiazole rings is 1. The first-order valence-corrected chi connectivity index (χ1v) is 7.41. The predicted octanol–water partition coefficient (Wildman–Crippen LogP) is 1.65. The lowest BCUT2D eigenvalue weighted by Crippen LogP contribution is -2.09. The molecule has 2 heterocycles. The first-order chi connectivity index (χ1) is 10.9. The second kappa shape index (κ2) is 6.96. The zero-order chi connectivity index (χ0) is 17.0. The average molecular weight is 339 g/mol. The Balaban J connectivity index is 2.05. The zero-order valence-electron chi connectivity index (χ0n) is 12.3. The summed E-state index contributed by atoms with van der Waals surface area (Å²) in [5, 5.41) is 21.6. The van der Waals surface area contributed by atoms with E-state index in [0.717, 1.165) is 0 Å². The summed E-state index contributed by atoms with van der Waals surface area (Å²) < 4.78 is 4.99. The smallest absolute Gasteiger partial charge is 0.366 e. The highest BCUT2D eigenvalue weighted by molar-refractivity contribution is 7.13. The van der Waals surface area contributed by atoms with Crippen molar-refractivity contribution in [3.8, 4) is 0 Å². The van der Waals surface area contributed by atoms with Crippen molar-refractivity contribution in [3.63, 3.8) is 0 Å². The Morgan fingerprint density at radius 2 is 2.26 bits per heavy atom. The number of hydrogen-bond acceptors (Lipinski definition) is 8. The van der Waals surface area contributed by atoms with Crippen molar-refractivity contribution >= 4 is 34.0 Å². The number of nitrogens with one attached hydrogen (secondary N) is 2. The summed E-state index contributed by atoms with van der Waals surface area (Å²) in [5.41, 5.74) is -0.0802. The van der Waals surface area contributed by atoms with Gasteiger partial charge in [0.05, 0.1) is 10.6 Å². The van der Waals surface area contributed by atoms with Crippen LogP contribution in [0.3, 0.4) is 0 Å². The van der Waals surface area contributed by atoms with Crippen molar-refractivity contribution < 1.29 is 19.2 Å². The minimum Gasteiger partial charge on any atom is -0.454 e. The van der Waals surface area contributed by atoms with Crippen molar-refractivity contribution in [3.05, 3.63) is 32.6 Å². The molecule has 0 aliphatic rings. The maximum absolute atomic E-state index is 12.0. The molecular weight excluding hydrogens is 326 g/mol. The zero-order valence-corrected chi connectivity index (χ0v) is 13.1. The minimum atomic E-state index is -0.915. The number of aryl methyl sites for hydroxylation is 1. The van der Waals surface area contributed by atoms with E-state index in [1.54, 1.807) is 12.3 Å². The van der Waals surface area contributed by atoms with E-state index < -0.39 is 10.9 Å². The Bertz CT molecular complexity index is 753. The number of amides is 1. The van der Waals surface area contributed by atoms with E-state index in [1.807, 2.05) is 0 Å². The van der Waals surface area contributed by atoms with Crippen LogP contribution in [0.15, 0.2) is 5.38 Å². The van der Waals surface area contributed by atoms with Gasteiger partial charge in [-0.1, -0.05) is 6.92 Å². The number of ether oxygens (including phenoxy) is 1. The van der Waals surface area contributed by atoms with Crippen LogP contribution < -0.4 is 5.32 Å². The number of rotatable bonds is 6. The fraction of sp³-hybridized carbons (Fsp3) is 0.333. The summed E-state index contributed by atoms with van der Waals surface area (Å²) in [7, 11) is 0. The molecule has 0 saturated heterocycles. The van der Waals surface area contributed by atoms with Crippen molar-refractivity contribution in [2.24, 2.45) is 0 Å². The summed E-state index contributed by atoms with van der Waals surface area (Å²) in [5.74, 6) is -1.18. The minimum absolute atomic E-state index is 0.180. The highest BCUT2D eigenvalue weighted by Gasteiger charge is 2.29. The second-order valence-electron chi connectivity index (χ2n) is 4.41. The number of nitro groups is 1. The summed E-state index contributed by atoms with van der Waals surface area (Å²) in [6, 6.07) is 0. The van der Waals surface area contributed by atoms with Gasteiger partial charge in [0.1, 0.15) is 12.3 Å². The molecule has 122 valence electrons. The van der Waals surface area contributed by atoms with Crippen molar-refractivity contribution in [2.75, 3.05) is 5.32 Å². The molecule has 23 heavy (non-hydrogen) atoms. The predicted molar refractivity (Wildman–Crippen MR) is 80.2 cm³/mol. The molecule has 1 amide bonds. The Kier molecular flexibility index (Phi) is 5.01. The van der Waals surface area contributed by atoms with Crippen LogP contribution in [0.5, 0.6) is 0 Å². The van der Waals surface area contributed by atoms with Gasteiger partial charge in [-0.05, 0) is 6.42 Å². The first kappa shape index (κ1) is 16.5. The highest BCUT2D eigenvalue weighted by atomic mass is 32.1. The van der Waals surface area contributed by atoms with Gasteiger partial charge in [0, 0.05) is 12.3 Å². The molecule has 0 unspecified atom stereocenters. The number of esters is 1. The van der Waals surface area contributed by atoms with Crippen LogP contribution >= 0.6 is 11.3 Å². The molecule has 2 N–H and O–H groups in total. The molecule has 10 nitrogen and oxygen atoms in total. The van der Waals surface area contributed by atoms with Gasteiger partial charge in [0.2, 0.25) is 11.6 Å². The quantitative estimate of drug-likeness (QED) is 0.463. The van der Waals surface area contributed by atoms with Crippen LogP contribution in [-0.2, 0) is 22.6 Å². The fourth-order valence-electron chi connectivity index (χ4n) is 1.75. The summed E-state index contributed by atoms with van der Waals surface area (Å²) >= 11 is 1.18. The van der Waals surface area contributed by atoms with E-state index >= 15 is 0 Å². The number of hydrogen-bond donors (Lipinski definition) is 2. The summed E-state index contributed by atoms with van der Waals surface area (Å²) in [4.78, 5) is 37.3. The Labute approximate surface area is 134 Å². The molecule has 0 atom stereocenters. The van der Waals surface area contributed by atoms with E-state index in [4.69, 9.17) is 4.74 Å². The molecule has 0 fully saturated rings. The number of carbonyl (C=O) groups excluding carboxylic acids is 2. The van der Waals surface area contributed by atoms with Gasteiger partial charge in [0.25, 0.3) is 0 Å². The largest absolute Gasteiger partial charge is 0.454 e. The van der Waals surface area contributed by atoms with E-state index in [-0.39, 0.29) is 29.6 Å². The van der Waals surface area contributed by atoms with Crippen molar-refractivity contribution in [1.29, 1.82) is 0 Å². The monoisotopic (exact) mass is 339 g/mol. The lowest BCUT2D eigenvalue weighted by molar-refractivity contribution is -0.385. The van der Waals surface area contributed by atoms with E-state index in [9.17, 15) is 19.7 Å². The van der Waals surface area contributed by atoms with Crippen LogP contribution in [0.4, 0.5) is 10.8 Å². The molecule has 0 aliphatic heterocycles. The Morgan fingerprint density at radius 1 is 1.52 bits per heavy atom. The Hall–Kier alpha value is -2.82. The third-order valence-corrected chi connectivity index (χ3v) is 3.53. The topological polar surface area (TPSA) is 140 Å². The molecular formula is C12H13N5O5S. The lowest BCUT2D eigenvalue weighted by atomic mass is 10.2. The average Bonchev–Trinajstić information content (AvgIpc) is 3.10. The van der Waals surface area contributed by atoms with Gasteiger partial charge in [-0.15, -0.1) is 11.3 Å². The summed E-state index contributed by atoms with van der Waals surface area (Å²) in [6.07, 6.45) is 0.336. The Morgan fingerprint density at radius 3 is 2.87 bits per heavy atom. The molecule has 0 saturated carbocycles. The van der Waals surface area contributed by atoms with Crippen molar-refractivity contribution in [1.82, 2.24) is 15.2 Å². The SMILES string of the molecule is CCc1[nH]nc(C(=O)OCc2csc(NC(C)=O)n2)c1[N+](=O)[O-]. The van der Waals surface area contributed by atoms with Crippen LogP contribution in [0.1, 0.15) is 35.7 Å². The van der Waals surface area contributed by atoms with E-state index in [1.165, 1.54) is 18.3 Å². The first-order valence-electron chi connectivity index (χ1n) is 6.53. The standard InChI is InChI=1S/C12H13N5O5S/c1-3-8-10(17(20)21)9(16-15-8)11(19)22-4-7-5-23-12(14-7)13-6(2)18/h5H,3-4H2,1-2H3,(H,15,16)(H,13,14,18). The molecule has 2 rings (SSSR count). The summed E-state index contributed by atoms with van der Waals surface area (Å²) in [6.45, 7) is 2.87. The number of anilines is 1. The van der Waals surface area contributed by atoms with Crippen molar-refractivity contribution in [2.45, 2.75) is 26.9 Å². The number of nitrogens with zero attached hydrogens (tertiary/aromatic N) is 3. The number of carbonyl (C=O) groups is 2. The molecule has 0 aromatic carbocycles. The number of aromatic amines is 1. The van der Waals surface area contributed by atoms with Gasteiger partial charge in [-0.2, -0.15) is 5.10 Å². The molecule has 0 radical (unpaired) electrons. The maximum Gasteiger partial charge on any atom is 0.366 e. The number of H-pyrrole nitrogens is 1. The van der Waals surface area contributed by atoms with Gasteiger partial charge in [-0.3, -0.25) is 20.0 Å². The third kappa shape index (κ3) is 3.88. The van der Waals surface area contributed by atoms with Gasteiger partial charge in [-0.25, -0.2) is 9.78 Å². The third-order valence-electron chi connectivity index (χ3n) is 2.73. The maximum atomic E-state index is 12.0. The van der Waals surface area contributed by atoms with Crippen LogP contribution in [0.2, 0.25) is 0 Å². The fourth-order valence-corrected chi connectivity index (χ4v) is 2.49.